The van der Waals surface area contributed by atoms with Crippen molar-refractivity contribution < 1.29 is 14.6 Å². The summed E-state index contributed by atoms with van der Waals surface area (Å²) in [6.45, 7) is 16.4. The number of esters is 1. The number of aliphatic hydroxyl groups excluding tert-OH is 1. The molecule has 4 fully saturated rings. The van der Waals surface area contributed by atoms with Crippen molar-refractivity contribution in [1.29, 1.82) is 0 Å². The van der Waals surface area contributed by atoms with Gasteiger partial charge in [-0.2, -0.15) is 0 Å². The molecule has 0 heterocycles. The van der Waals surface area contributed by atoms with Crippen molar-refractivity contribution in [3.05, 3.63) is 0 Å². The zero-order valence-corrected chi connectivity index (χ0v) is 24.1. The highest BCUT2D eigenvalue weighted by Gasteiger charge is 2.60. The zero-order chi connectivity index (χ0) is 25.6. The van der Waals surface area contributed by atoms with E-state index >= 15 is 0 Å². The summed E-state index contributed by atoms with van der Waals surface area (Å²) in [6.07, 6.45) is 15.6. The minimum atomic E-state index is -0.406. The predicted octanol–water partition coefficient (Wildman–Crippen LogP) is 8.04. The van der Waals surface area contributed by atoms with Gasteiger partial charge in [-0.3, -0.25) is 4.79 Å². The molecule has 0 aromatic carbocycles. The number of aliphatic hydroxyl groups is 1. The number of carbonyl (C=O) groups excluding carboxylic acids is 1. The molecule has 202 valence electrons. The first-order valence-electron chi connectivity index (χ1n) is 15.2. The summed E-state index contributed by atoms with van der Waals surface area (Å²) in [5.74, 6) is 5.55. The minimum Gasteiger partial charge on any atom is -0.465 e. The molecule has 0 spiro atoms. The van der Waals surface area contributed by atoms with Crippen molar-refractivity contribution in [1.82, 2.24) is 0 Å². The van der Waals surface area contributed by atoms with E-state index in [1.165, 1.54) is 57.8 Å². The van der Waals surface area contributed by atoms with Gasteiger partial charge >= 0.3 is 5.97 Å². The van der Waals surface area contributed by atoms with E-state index in [1.807, 2.05) is 20.8 Å². The topological polar surface area (TPSA) is 46.5 Å². The minimum absolute atomic E-state index is 0.0385. The SMILES string of the molecule is C[C@H](CCC[C@@H](C)[C@H]1CC[C@H]2[C@@H]3CC[C@H]4C[C@@H](O)CC[C@]4(C)[C@H]3CC[C@]12C)COC(=O)C(C)(C)C. The lowest BCUT2D eigenvalue weighted by molar-refractivity contribution is -0.154. The molecule has 0 radical (unpaired) electrons. The molecular formula is C32H56O3. The predicted molar refractivity (Wildman–Crippen MR) is 144 cm³/mol. The Bertz CT molecular complexity index is 740. The summed E-state index contributed by atoms with van der Waals surface area (Å²) in [5.41, 5.74) is 0.613. The molecule has 4 aliphatic carbocycles. The number of fused-ring (bicyclic) bond motifs is 5. The Morgan fingerprint density at radius 2 is 1.63 bits per heavy atom. The maximum atomic E-state index is 12.1. The van der Waals surface area contributed by atoms with Crippen LogP contribution in [-0.4, -0.2) is 23.8 Å². The van der Waals surface area contributed by atoms with Crippen molar-refractivity contribution in [3.8, 4) is 0 Å². The van der Waals surface area contributed by atoms with Gasteiger partial charge in [0.2, 0.25) is 0 Å². The number of rotatable bonds is 7. The summed E-state index contributed by atoms with van der Waals surface area (Å²) in [7, 11) is 0. The molecule has 4 saturated carbocycles. The van der Waals surface area contributed by atoms with Gasteiger partial charge in [-0.1, -0.05) is 40.5 Å². The highest BCUT2D eigenvalue weighted by molar-refractivity contribution is 5.75. The largest absolute Gasteiger partial charge is 0.465 e. The monoisotopic (exact) mass is 488 g/mol. The van der Waals surface area contributed by atoms with Crippen molar-refractivity contribution in [2.45, 2.75) is 132 Å². The molecule has 4 rings (SSSR count). The fraction of sp³-hybridized carbons (Fsp3) is 0.969. The van der Waals surface area contributed by atoms with Crippen LogP contribution in [0.25, 0.3) is 0 Å². The summed E-state index contributed by atoms with van der Waals surface area (Å²) < 4.78 is 5.56. The van der Waals surface area contributed by atoms with Crippen LogP contribution in [0.1, 0.15) is 126 Å². The Kier molecular flexibility index (Phi) is 8.08. The van der Waals surface area contributed by atoms with E-state index in [0.717, 1.165) is 54.8 Å². The van der Waals surface area contributed by atoms with Gasteiger partial charge in [-0.25, -0.2) is 0 Å². The van der Waals surface area contributed by atoms with Gasteiger partial charge in [0.15, 0.2) is 0 Å². The Balaban J connectivity index is 1.30. The third-order valence-electron chi connectivity index (χ3n) is 11.9. The Hall–Kier alpha value is -0.570. The number of ether oxygens (including phenoxy) is 1. The number of hydrogen-bond donors (Lipinski definition) is 1. The van der Waals surface area contributed by atoms with Crippen LogP contribution in [0.15, 0.2) is 0 Å². The average molecular weight is 489 g/mol. The molecule has 3 nitrogen and oxygen atoms in total. The van der Waals surface area contributed by atoms with Crippen molar-refractivity contribution >= 4 is 5.97 Å². The molecule has 35 heavy (non-hydrogen) atoms. The van der Waals surface area contributed by atoms with Gasteiger partial charge in [0.25, 0.3) is 0 Å². The Labute approximate surface area is 216 Å². The van der Waals surface area contributed by atoms with Gasteiger partial charge in [0.05, 0.1) is 18.1 Å². The van der Waals surface area contributed by atoms with Crippen LogP contribution in [0, 0.1) is 57.7 Å². The van der Waals surface area contributed by atoms with Crippen LogP contribution in [0.4, 0.5) is 0 Å². The van der Waals surface area contributed by atoms with E-state index in [0.29, 0.717) is 23.4 Å². The average Bonchev–Trinajstić information content (AvgIpc) is 3.14. The third kappa shape index (κ3) is 5.37. The zero-order valence-electron chi connectivity index (χ0n) is 24.1. The molecule has 0 unspecified atom stereocenters. The second kappa shape index (κ2) is 10.3. The van der Waals surface area contributed by atoms with Crippen LogP contribution in [-0.2, 0) is 9.53 Å². The summed E-state index contributed by atoms with van der Waals surface area (Å²) in [5, 5.41) is 10.3. The molecule has 0 amide bonds. The van der Waals surface area contributed by atoms with Crippen molar-refractivity contribution in [2.24, 2.45) is 57.7 Å². The quantitative estimate of drug-likeness (QED) is 0.369. The smallest absolute Gasteiger partial charge is 0.311 e. The van der Waals surface area contributed by atoms with Gasteiger partial charge in [-0.15, -0.1) is 0 Å². The second-order valence-electron chi connectivity index (χ2n) is 15.2. The van der Waals surface area contributed by atoms with Gasteiger partial charge in [-0.05, 0) is 137 Å². The first-order valence-corrected chi connectivity index (χ1v) is 15.2. The number of carbonyl (C=O) groups is 1. The molecule has 1 N–H and O–H groups in total. The summed E-state index contributed by atoms with van der Waals surface area (Å²) >= 11 is 0. The van der Waals surface area contributed by atoms with E-state index in [2.05, 4.69) is 27.7 Å². The van der Waals surface area contributed by atoms with Crippen LogP contribution in [0.5, 0.6) is 0 Å². The van der Waals surface area contributed by atoms with E-state index in [9.17, 15) is 9.90 Å². The van der Waals surface area contributed by atoms with Gasteiger partial charge in [0, 0.05) is 0 Å². The van der Waals surface area contributed by atoms with Crippen molar-refractivity contribution in [2.75, 3.05) is 6.61 Å². The van der Waals surface area contributed by atoms with Gasteiger partial charge in [0.1, 0.15) is 0 Å². The molecular weight excluding hydrogens is 432 g/mol. The normalized spacial score (nSPS) is 43.0. The molecule has 0 aromatic rings. The summed E-state index contributed by atoms with van der Waals surface area (Å²) in [4.78, 5) is 12.1. The molecule has 0 bridgehead atoms. The maximum absolute atomic E-state index is 12.1. The van der Waals surface area contributed by atoms with Crippen LogP contribution < -0.4 is 0 Å². The van der Waals surface area contributed by atoms with Crippen molar-refractivity contribution in [3.63, 3.8) is 0 Å². The van der Waals surface area contributed by atoms with E-state index < -0.39 is 5.41 Å². The fourth-order valence-corrected chi connectivity index (χ4v) is 9.72. The molecule has 4 aliphatic rings. The van der Waals surface area contributed by atoms with Crippen LogP contribution in [0.3, 0.4) is 0 Å². The number of hydrogen-bond acceptors (Lipinski definition) is 3. The lowest BCUT2D eigenvalue weighted by atomic mass is 9.44. The highest BCUT2D eigenvalue weighted by Crippen LogP contribution is 2.68. The lowest BCUT2D eigenvalue weighted by Gasteiger charge is -2.61. The lowest BCUT2D eigenvalue weighted by Crippen LogP contribution is -2.54. The molecule has 3 heteroatoms. The summed E-state index contributed by atoms with van der Waals surface area (Å²) in [6, 6.07) is 0. The Morgan fingerprint density at radius 3 is 2.34 bits per heavy atom. The van der Waals surface area contributed by atoms with E-state index in [4.69, 9.17) is 4.74 Å². The third-order valence-corrected chi connectivity index (χ3v) is 11.9. The van der Waals surface area contributed by atoms with Crippen LogP contribution in [0.2, 0.25) is 0 Å². The first-order chi connectivity index (χ1) is 16.4. The second-order valence-corrected chi connectivity index (χ2v) is 15.2. The molecule has 10 atom stereocenters. The highest BCUT2D eigenvalue weighted by atomic mass is 16.5. The molecule has 0 aromatic heterocycles. The Morgan fingerprint density at radius 1 is 0.943 bits per heavy atom. The maximum Gasteiger partial charge on any atom is 0.311 e. The first kappa shape index (κ1) is 27.5. The van der Waals surface area contributed by atoms with E-state index in [-0.39, 0.29) is 12.1 Å². The van der Waals surface area contributed by atoms with Gasteiger partial charge < -0.3 is 9.84 Å². The standard InChI is InChI=1S/C32H56O3/c1-21(20-35-29(34)30(3,4)5)9-8-10-22(2)26-13-14-27-25-12-11-23-19-24(33)15-17-31(23,6)28(25)16-18-32(26,27)7/h21-28,33H,8-20H2,1-7H3/t21-,22-,23+,24+,25+,26-,27+,28+,31+,32-/m1/s1. The van der Waals surface area contributed by atoms with Crippen LogP contribution >= 0.6 is 0 Å². The fourth-order valence-electron chi connectivity index (χ4n) is 9.72. The molecule has 0 saturated heterocycles. The van der Waals surface area contributed by atoms with E-state index in [1.54, 1.807) is 0 Å². The molecule has 0 aliphatic heterocycles.